The van der Waals surface area contributed by atoms with Crippen LogP contribution >= 0.6 is 0 Å². The Balaban J connectivity index is 3.65. The van der Waals surface area contributed by atoms with E-state index in [0.717, 1.165) is 0 Å². The van der Waals surface area contributed by atoms with Gasteiger partial charge in [-0.15, -0.1) is 0 Å². The van der Waals surface area contributed by atoms with E-state index in [9.17, 15) is 0 Å². The minimum absolute atomic E-state index is 1.23. The summed E-state index contributed by atoms with van der Waals surface area (Å²) in [4.78, 5) is 0. The second-order valence-corrected chi connectivity index (χ2v) is 30.5. The number of allylic oxidation sites excluding steroid dienone is 4. The van der Waals surface area contributed by atoms with Crippen molar-refractivity contribution in [2.45, 2.75) is 78.6 Å². The first-order valence-corrected chi connectivity index (χ1v) is 22.0. The van der Waals surface area contributed by atoms with Gasteiger partial charge < -0.3 is 0 Å². The maximum absolute atomic E-state index is 2.56. The molecule has 0 aliphatic heterocycles. The van der Waals surface area contributed by atoms with Crippen LogP contribution in [0.3, 0.4) is 0 Å². The van der Waals surface area contributed by atoms with Crippen molar-refractivity contribution in [3.05, 3.63) is 20.8 Å². The Kier molecular flexibility index (Phi) is 4.53. The first kappa shape index (κ1) is 18.4. The first-order valence-electron chi connectivity index (χ1n) is 8.00. The van der Waals surface area contributed by atoms with Crippen LogP contribution in [0.25, 0.3) is 0 Å². The fraction of sp³-hybridized carbons (Fsp3) is 0.750. The summed E-state index contributed by atoms with van der Waals surface area (Å²) in [5.74, 6) is 0. The lowest BCUT2D eigenvalue weighted by atomic mass is 10.2. The van der Waals surface area contributed by atoms with Crippen LogP contribution in [0.15, 0.2) is 20.8 Å². The van der Waals surface area contributed by atoms with Crippen LogP contribution in [-0.2, 0) is 0 Å². The molecule has 0 aromatic carbocycles. The molecule has 1 aliphatic rings. The summed E-state index contributed by atoms with van der Waals surface area (Å²) in [6.45, 7) is 30.7. The Morgan fingerprint density at radius 3 is 0.450 bits per heavy atom. The average Bonchev–Trinajstić information content (AvgIpc) is 1.86. The second kappa shape index (κ2) is 4.93. The quantitative estimate of drug-likeness (QED) is 0.542. The van der Waals surface area contributed by atoms with Crippen molar-refractivity contribution in [3.8, 4) is 0 Å². The smallest absolute Gasteiger partial charge is 0.0656 e. The molecular formula is C16H36Si4. The highest BCUT2D eigenvalue weighted by Crippen LogP contribution is 2.51. The molecule has 0 radical (unpaired) electrons. The van der Waals surface area contributed by atoms with Crippen molar-refractivity contribution < 1.29 is 0 Å². The van der Waals surface area contributed by atoms with Gasteiger partial charge in [0.15, 0.2) is 0 Å². The Morgan fingerprint density at radius 2 is 0.400 bits per heavy atom. The molecule has 0 fully saturated rings. The standard InChI is InChI=1S/C16H36Si4/c1-17(2,3)13-14(18(4,5)6)16(20(10,11)12)15(13)19(7,8)9/h1-12H3. The fourth-order valence-corrected chi connectivity index (χ4v) is 19.9. The van der Waals surface area contributed by atoms with Crippen LogP contribution in [0, 0.1) is 0 Å². The summed E-state index contributed by atoms with van der Waals surface area (Å²) >= 11 is 0. The largest absolute Gasteiger partial charge is 0.0772 e. The molecule has 0 amide bonds. The van der Waals surface area contributed by atoms with Gasteiger partial charge in [-0.05, 0) is 0 Å². The van der Waals surface area contributed by atoms with Gasteiger partial charge in [-0.2, -0.15) is 0 Å². The van der Waals surface area contributed by atoms with Crippen LogP contribution in [0.2, 0.25) is 78.6 Å². The zero-order valence-electron chi connectivity index (χ0n) is 16.0. The molecule has 4 heteroatoms. The molecule has 0 bridgehead atoms. The number of rotatable bonds is 4. The monoisotopic (exact) mass is 340 g/mol. The average molecular weight is 341 g/mol. The summed E-state index contributed by atoms with van der Waals surface area (Å²) in [7, 11) is -4.91. The van der Waals surface area contributed by atoms with Crippen LogP contribution in [0.5, 0.6) is 0 Å². The van der Waals surface area contributed by atoms with Crippen molar-refractivity contribution >= 4 is 32.3 Å². The topological polar surface area (TPSA) is 0 Å². The highest BCUT2D eigenvalue weighted by Gasteiger charge is 2.48. The van der Waals surface area contributed by atoms with E-state index in [0.29, 0.717) is 0 Å². The van der Waals surface area contributed by atoms with Crippen LogP contribution < -0.4 is 0 Å². The highest BCUT2D eigenvalue weighted by atomic mass is 28.3. The predicted molar refractivity (Wildman–Crippen MR) is 107 cm³/mol. The summed E-state index contributed by atoms with van der Waals surface area (Å²) in [6.07, 6.45) is 0. The van der Waals surface area contributed by atoms with E-state index in [4.69, 9.17) is 0 Å². The summed E-state index contributed by atoms with van der Waals surface area (Å²) < 4.78 is 0. The van der Waals surface area contributed by atoms with Crippen molar-refractivity contribution in [1.82, 2.24) is 0 Å². The van der Waals surface area contributed by atoms with Crippen molar-refractivity contribution in [2.75, 3.05) is 0 Å². The minimum Gasteiger partial charge on any atom is -0.0656 e. The number of hydrogen-bond acceptors (Lipinski definition) is 0. The molecule has 0 nitrogen and oxygen atoms in total. The van der Waals surface area contributed by atoms with Gasteiger partial charge in [0.1, 0.15) is 0 Å². The molecule has 0 atom stereocenters. The number of hydrogen-bond donors (Lipinski definition) is 0. The third kappa shape index (κ3) is 3.39. The van der Waals surface area contributed by atoms with Crippen LogP contribution in [0.1, 0.15) is 0 Å². The van der Waals surface area contributed by atoms with Gasteiger partial charge in [-0.1, -0.05) is 99.3 Å². The Labute approximate surface area is 131 Å². The molecule has 0 spiro atoms. The predicted octanol–water partition coefficient (Wildman–Crippen LogP) is 6.10. The van der Waals surface area contributed by atoms with E-state index in [2.05, 4.69) is 78.6 Å². The van der Waals surface area contributed by atoms with E-state index >= 15 is 0 Å². The fourth-order valence-electron chi connectivity index (χ4n) is 3.44. The summed E-state index contributed by atoms with van der Waals surface area (Å²) in [5, 5.41) is 7.64. The SMILES string of the molecule is C[Si](C)(C)C1=C([Si](C)(C)C)C([Si](C)(C)C)=C1[Si](C)(C)C. The van der Waals surface area contributed by atoms with Gasteiger partial charge in [-0.25, -0.2) is 0 Å². The maximum atomic E-state index is 2.56. The Bertz CT molecular complexity index is 368. The van der Waals surface area contributed by atoms with Gasteiger partial charge >= 0.3 is 0 Å². The lowest BCUT2D eigenvalue weighted by molar-refractivity contribution is 1.35. The second-order valence-electron chi connectivity index (χ2n) is 10.5. The first-order chi connectivity index (χ1) is 8.49. The molecule has 1 rings (SSSR count). The lowest BCUT2D eigenvalue weighted by Gasteiger charge is -2.51. The molecule has 1 aliphatic carbocycles. The van der Waals surface area contributed by atoms with Crippen molar-refractivity contribution in [3.63, 3.8) is 0 Å². The van der Waals surface area contributed by atoms with Gasteiger partial charge in [0.05, 0.1) is 32.3 Å². The maximum Gasteiger partial charge on any atom is 0.0772 e. The molecule has 0 saturated heterocycles. The normalized spacial score (nSPS) is 18.6. The summed E-state index contributed by atoms with van der Waals surface area (Å²) in [5.41, 5.74) is 0. The zero-order valence-corrected chi connectivity index (χ0v) is 20.0. The molecule has 0 unspecified atom stereocenters. The van der Waals surface area contributed by atoms with E-state index < -0.39 is 32.3 Å². The molecular weight excluding hydrogens is 305 g/mol. The minimum atomic E-state index is -1.23. The molecule has 0 aromatic rings. The zero-order chi connectivity index (χ0) is 16.3. The van der Waals surface area contributed by atoms with Gasteiger partial charge in [0.2, 0.25) is 0 Å². The molecule has 0 aromatic heterocycles. The van der Waals surface area contributed by atoms with E-state index in [1.807, 2.05) is 20.8 Å². The summed E-state index contributed by atoms with van der Waals surface area (Å²) in [6, 6.07) is 0. The van der Waals surface area contributed by atoms with E-state index in [-0.39, 0.29) is 0 Å². The molecule has 0 heterocycles. The Morgan fingerprint density at radius 1 is 0.300 bits per heavy atom. The van der Waals surface area contributed by atoms with E-state index in [1.54, 1.807) is 0 Å². The molecule has 0 saturated carbocycles. The van der Waals surface area contributed by atoms with Crippen molar-refractivity contribution in [2.24, 2.45) is 0 Å². The van der Waals surface area contributed by atoms with Crippen LogP contribution in [0.4, 0.5) is 0 Å². The molecule has 20 heavy (non-hydrogen) atoms. The van der Waals surface area contributed by atoms with Gasteiger partial charge in [-0.3, -0.25) is 0 Å². The van der Waals surface area contributed by atoms with Gasteiger partial charge in [0, 0.05) is 0 Å². The van der Waals surface area contributed by atoms with Crippen molar-refractivity contribution in [1.29, 1.82) is 0 Å². The molecule has 116 valence electrons. The Hall–Kier alpha value is 0.348. The lowest BCUT2D eigenvalue weighted by Crippen LogP contribution is -2.51. The third-order valence-corrected chi connectivity index (χ3v) is 13.0. The van der Waals surface area contributed by atoms with Crippen LogP contribution in [-0.4, -0.2) is 32.3 Å². The third-order valence-electron chi connectivity index (χ3n) is 4.00. The molecule has 0 N–H and O–H groups in total. The highest BCUT2D eigenvalue weighted by molar-refractivity contribution is 7.02. The van der Waals surface area contributed by atoms with Gasteiger partial charge in [0.25, 0.3) is 0 Å². The van der Waals surface area contributed by atoms with E-state index in [1.165, 1.54) is 0 Å².